The minimum Gasteiger partial charge on any atom is -0.227 e. The van der Waals surface area contributed by atoms with Crippen molar-refractivity contribution >= 4 is 38.4 Å². The van der Waals surface area contributed by atoms with Crippen molar-refractivity contribution in [2.24, 2.45) is 0 Å². The number of rotatable bonds is 1. The molecule has 0 saturated carbocycles. The molecule has 100 valence electrons. The SMILES string of the molecule is Cc1ccc(-c2nc(Cl)c3cccc(Br)c3n2)cc1C. The standard InChI is InChI=1S/C16H12BrClN2/c1-9-6-7-11(8-10(9)2)16-19-14-12(15(18)20-16)4-3-5-13(14)17/h3-8H,1-2H3. The van der Waals surface area contributed by atoms with E-state index in [-0.39, 0.29) is 0 Å². The average Bonchev–Trinajstić information content (AvgIpc) is 2.43. The number of benzene rings is 2. The van der Waals surface area contributed by atoms with Gasteiger partial charge in [0.2, 0.25) is 0 Å². The van der Waals surface area contributed by atoms with Crippen molar-refractivity contribution in [2.75, 3.05) is 0 Å². The van der Waals surface area contributed by atoms with Crippen LogP contribution in [-0.4, -0.2) is 9.97 Å². The molecule has 0 amide bonds. The predicted molar refractivity (Wildman–Crippen MR) is 87.2 cm³/mol. The van der Waals surface area contributed by atoms with Crippen LogP contribution >= 0.6 is 27.5 Å². The summed E-state index contributed by atoms with van der Waals surface area (Å²) in [7, 11) is 0. The van der Waals surface area contributed by atoms with Gasteiger partial charge in [0.25, 0.3) is 0 Å². The van der Waals surface area contributed by atoms with Crippen molar-refractivity contribution in [3.05, 3.63) is 57.2 Å². The number of para-hydroxylation sites is 1. The third-order valence-corrected chi connectivity index (χ3v) is 4.32. The number of aromatic nitrogens is 2. The van der Waals surface area contributed by atoms with Gasteiger partial charge in [-0.15, -0.1) is 0 Å². The van der Waals surface area contributed by atoms with Crippen LogP contribution < -0.4 is 0 Å². The number of halogens is 2. The molecular weight excluding hydrogens is 336 g/mol. The highest BCUT2D eigenvalue weighted by molar-refractivity contribution is 9.10. The maximum absolute atomic E-state index is 6.28. The largest absolute Gasteiger partial charge is 0.227 e. The average molecular weight is 348 g/mol. The summed E-state index contributed by atoms with van der Waals surface area (Å²) in [5, 5.41) is 1.33. The number of fused-ring (bicyclic) bond motifs is 1. The fourth-order valence-electron chi connectivity index (χ4n) is 2.09. The maximum Gasteiger partial charge on any atom is 0.161 e. The first-order valence-corrected chi connectivity index (χ1v) is 7.43. The van der Waals surface area contributed by atoms with Gasteiger partial charge in [-0.3, -0.25) is 0 Å². The number of hydrogen-bond donors (Lipinski definition) is 0. The van der Waals surface area contributed by atoms with Crippen LogP contribution in [0.25, 0.3) is 22.3 Å². The van der Waals surface area contributed by atoms with E-state index < -0.39 is 0 Å². The Balaban J connectivity index is 2.26. The van der Waals surface area contributed by atoms with Gasteiger partial charge in [-0.1, -0.05) is 29.8 Å². The molecule has 0 aliphatic heterocycles. The second kappa shape index (κ2) is 5.15. The van der Waals surface area contributed by atoms with Crippen LogP contribution in [0.15, 0.2) is 40.9 Å². The molecule has 0 saturated heterocycles. The fraction of sp³-hybridized carbons (Fsp3) is 0.125. The molecule has 0 N–H and O–H groups in total. The van der Waals surface area contributed by atoms with Crippen LogP contribution in [0, 0.1) is 13.8 Å². The summed E-state index contributed by atoms with van der Waals surface area (Å²) in [4.78, 5) is 9.05. The molecule has 3 aromatic rings. The Kier molecular flexibility index (Phi) is 3.48. The molecule has 4 heteroatoms. The molecule has 1 aromatic heterocycles. The Morgan fingerprint density at radius 1 is 1.00 bits per heavy atom. The van der Waals surface area contributed by atoms with Crippen molar-refractivity contribution < 1.29 is 0 Å². The molecule has 0 aliphatic carbocycles. The molecule has 2 aromatic carbocycles. The summed E-state index contributed by atoms with van der Waals surface area (Å²) in [5.41, 5.74) is 4.28. The second-order valence-electron chi connectivity index (χ2n) is 4.77. The molecule has 0 spiro atoms. The number of aryl methyl sites for hydroxylation is 2. The van der Waals surface area contributed by atoms with Gasteiger partial charge in [-0.25, -0.2) is 9.97 Å². The molecule has 1 heterocycles. The van der Waals surface area contributed by atoms with Crippen LogP contribution in [0.3, 0.4) is 0 Å². The zero-order valence-electron chi connectivity index (χ0n) is 11.1. The van der Waals surface area contributed by atoms with Crippen molar-refractivity contribution in [3.8, 4) is 11.4 Å². The lowest BCUT2D eigenvalue weighted by Crippen LogP contribution is -1.93. The third-order valence-electron chi connectivity index (χ3n) is 3.40. The zero-order valence-corrected chi connectivity index (χ0v) is 13.5. The Morgan fingerprint density at radius 2 is 1.80 bits per heavy atom. The third kappa shape index (κ3) is 2.32. The first-order chi connectivity index (χ1) is 9.56. The van der Waals surface area contributed by atoms with Gasteiger partial charge in [-0.2, -0.15) is 0 Å². The summed E-state index contributed by atoms with van der Waals surface area (Å²) in [5.74, 6) is 0.650. The molecule has 0 unspecified atom stereocenters. The Morgan fingerprint density at radius 3 is 2.55 bits per heavy atom. The highest BCUT2D eigenvalue weighted by Gasteiger charge is 2.10. The lowest BCUT2D eigenvalue weighted by atomic mass is 10.1. The van der Waals surface area contributed by atoms with Crippen LogP contribution in [0.1, 0.15) is 11.1 Å². The lowest BCUT2D eigenvalue weighted by Gasteiger charge is -2.07. The van der Waals surface area contributed by atoms with E-state index in [1.165, 1.54) is 11.1 Å². The first kappa shape index (κ1) is 13.5. The Hall–Kier alpha value is -1.45. The number of hydrogen-bond acceptors (Lipinski definition) is 2. The molecule has 0 fully saturated rings. The van der Waals surface area contributed by atoms with E-state index in [1.807, 2.05) is 24.3 Å². The van der Waals surface area contributed by atoms with Crippen LogP contribution in [0.5, 0.6) is 0 Å². The summed E-state index contributed by atoms with van der Waals surface area (Å²) in [6.07, 6.45) is 0. The summed E-state index contributed by atoms with van der Waals surface area (Å²) < 4.78 is 0.921. The molecule has 0 radical (unpaired) electrons. The minimum atomic E-state index is 0.476. The van der Waals surface area contributed by atoms with E-state index in [0.717, 1.165) is 20.9 Å². The van der Waals surface area contributed by atoms with Gasteiger partial charge >= 0.3 is 0 Å². The van der Waals surface area contributed by atoms with E-state index in [4.69, 9.17) is 11.6 Å². The van der Waals surface area contributed by atoms with Crippen LogP contribution in [0.4, 0.5) is 0 Å². The predicted octanol–water partition coefficient (Wildman–Crippen LogP) is 5.33. The van der Waals surface area contributed by atoms with Crippen molar-refractivity contribution in [2.45, 2.75) is 13.8 Å². The fourth-order valence-corrected chi connectivity index (χ4v) is 2.78. The van der Waals surface area contributed by atoms with Gasteiger partial charge < -0.3 is 0 Å². The van der Waals surface area contributed by atoms with Gasteiger partial charge in [0.05, 0.1) is 5.52 Å². The topological polar surface area (TPSA) is 25.8 Å². The normalized spacial score (nSPS) is 11.0. The summed E-state index contributed by atoms with van der Waals surface area (Å²) >= 11 is 9.80. The smallest absolute Gasteiger partial charge is 0.161 e. The van der Waals surface area contributed by atoms with Gasteiger partial charge in [-0.05, 0) is 59.1 Å². The highest BCUT2D eigenvalue weighted by atomic mass is 79.9. The molecule has 3 rings (SSSR count). The molecular formula is C16H12BrClN2. The van der Waals surface area contributed by atoms with E-state index >= 15 is 0 Å². The molecule has 2 nitrogen and oxygen atoms in total. The van der Waals surface area contributed by atoms with Gasteiger partial charge in [0.1, 0.15) is 5.15 Å². The lowest BCUT2D eigenvalue weighted by molar-refractivity contribution is 1.21. The maximum atomic E-state index is 6.28. The molecule has 0 atom stereocenters. The molecule has 20 heavy (non-hydrogen) atoms. The second-order valence-corrected chi connectivity index (χ2v) is 5.99. The van der Waals surface area contributed by atoms with Crippen molar-refractivity contribution in [1.82, 2.24) is 9.97 Å². The van der Waals surface area contributed by atoms with Crippen LogP contribution in [0.2, 0.25) is 5.15 Å². The summed E-state index contributed by atoms with van der Waals surface area (Å²) in [6.45, 7) is 4.17. The number of nitrogens with zero attached hydrogens (tertiary/aromatic N) is 2. The van der Waals surface area contributed by atoms with Crippen LogP contribution in [-0.2, 0) is 0 Å². The zero-order chi connectivity index (χ0) is 14.3. The molecule has 0 aliphatic rings. The Labute approximate surface area is 131 Å². The van der Waals surface area contributed by atoms with E-state index in [9.17, 15) is 0 Å². The minimum absolute atomic E-state index is 0.476. The van der Waals surface area contributed by atoms with Gasteiger partial charge in [0.15, 0.2) is 5.82 Å². The quantitative estimate of drug-likeness (QED) is 0.556. The van der Waals surface area contributed by atoms with Gasteiger partial charge in [0, 0.05) is 15.4 Å². The summed E-state index contributed by atoms with van der Waals surface area (Å²) in [6, 6.07) is 12.0. The van der Waals surface area contributed by atoms with Crippen molar-refractivity contribution in [3.63, 3.8) is 0 Å². The highest BCUT2D eigenvalue weighted by Crippen LogP contribution is 2.29. The molecule has 0 bridgehead atoms. The van der Waals surface area contributed by atoms with E-state index in [0.29, 0.717) is 11.0 Å². The van der Waals surface area contributed by atoms with E-state index in [2.05, 4.69) is 51.9 Å². The van der Waals surface area contributed by atoms with E-state index in [1.54, 1.807) is 0 Å². The van der Waals surface area contributed by atoms with Crippen molar-refractivity contribution in [1.29, 1.82) is 0 Å². The first-order valence-electron chi connectivity index (χ1n) is 6.25. The Bertz CT molecular complexity index is 815. The monoisotopic (exact) mass is 346 g/mol.